The topological polar surface area (TPSA) is 49.6 Å². The first kappa shape index (κ1) is 9.63. The van der Waals surface area contributed by atoms with E-state index in [2.05, 4.69) is 9.97 Å². The summed E-state index contributed by atoms with van der Waals surface area (Å²) < 4.78 is 0. The maximum atomic E-state index is 8.69. The van der Waals surface area contributed by atoms with Gasteiger partial charge in [0.15, 0.2) is 0 Å². The Morgan fingerprint density at radius 1 is 1.27 bits per heavy atom. The Labute approximate surface area is 92.0 Å². The van der Waals surface area contributed by atoms with E-state index in [1.807, 2.05) is 18.2 Å². The van der Waals surface area contributed by atoms with Gasteiger partial charge in [0.05, 0.1) is 11.3 Å². The Balaban J connectivity index is 2.49. The second kappa shape index (κ2) is 4.07. The Morgan fingerprint density at radius 2 is 2.13 bits per heavy atom. The fraction of sp³-hybridized carbons (Fsp3) is 0. The number of hydrogen-bond donors (Lipinski definition) is 0. The third kappa shape index (κ3) is 1.95. The van der Waals surface area contributed by atoms with Crippen LogP contribution in [0.25, 0.3) is 11.3 Å². The molecule has 4 heteroatoms. The molecule has 0 saturated carbocycles. The molecule has 0 spiro atoms. The Hall–Kier alpha value is -1.92. The Bertz CT molecular complexity index is 517. The highest BCUT2D eigenvalue weighted by Crippen LogP contribution is 2.20. The van der Waals surface area contributed by atoms with Crippen molar-refractivity contribution in [2.75, 3.05) is 0 Å². The predicted molar refractivity (Wildman–Crippen MR) is 57.2 cm³/mol. The van der Waals surface area contributed by atoms with Crippen molar-refractivity contribution >= 4 is 11.6 Å². The molecule has 2 aromatic heterocycles. The minimum atomic E-state index is 0.221. The van der Waals surface area contributed by atoms with Gasteiger partial charge in [-0.25, -0.2) is 4.98 Å². The fourth-order valence-corrected chi connectivity index (χ4v) is 1.39. The lowest BCUT2D eigenvalue weighted by molar-refractivity contribution is 1.27. The van der Waals surface area contributed by atoms with Crippen molar-refractivity contribution < 1.29 is 0 Å². The summed E-state index contributed by atoms with van der Waals surface area (Å²) in [5.41, 5.74) is 1.97. The maximum Gasteiger partial charge on any atom is 0.147 e. The zero-order chi connectivity index (χ0) is 10.7. The number of halogens is 1. The highest BCUT2D eigenvalue weighted by atomic mass is 35.5. The third-order valence-electron chi connectivity index (χ3n) is 1.93. The van der Waals surface area contributed by atoms with Crippen LogP contribution in [0.15, 0.2) is 36.7 Å². The van der Waals surface area contributed by atoms with E-state index in [1.165, 1.54) is 0 Å². The first-order chi connectivity index (χ1) is 7.31. The van der Waals surface area contributed by atoms with Crippen molar-refractivity contribution in [1.29, 1.82) is 5.26 Å². The summed E-state index contributed by atoms with van der Waals surface area (Å²) in [6.07, 6.45) is 3.39. The summed E-state index contributed by atoms with van der Waals surface area (Å²) in [6, 6.07) is 9.07. The van der Waals surface area contributed by atoms with Crippen LogP contribution in [0.1, 0.15) is 5.56 Å². The monoisotopic (exact) mass is 215 g/mol. The van der Waals surface area contributed by atoms with Crippen LogP contribution in [0.3, 0.4) is 0 Å². The molecular formula is C11H6ClN3. The SMILES string of the molecule is N#Cc1ccc(-c2cccnc2)nc1Cl. The van der Waals surface area contributed by atoms with Crippen LogP contribution >= 0.6 is 11.6 Å². The van der Waals surface area contributed by atoms with Gasteiger partial charge in [-0.1, -0.05) is 11.6 Å². The van der Waals surface area contributed by atoms with E-state index in [0.717, 1.165) is 5.56 Å². The largest absolute Gasteiger partial charge is 0.264 e. The third-order valence-corrected chi connectivity index (χ3v) is 2.21. The lowest BCUT2D eigenvalue weighted by Gasteiger charge is -2.00. The maximum absolute atomic E-state index is 8.69. The zero-order valence-corrected chi connectivity index (χ0v) is 8.44. The van der Waals surface area contributed by atoms with Gasteiger partial charge < -0.3 is 0 Å². The van der Waals surface area contributed by atoms with Crippen LogP contribution in [0.2, 0.25) is 5.15 Å². The average Bonchev–Trinajstić information content (AvgIpc) is 2.30. The van der Waals surface area contributed by atoms with Crippen molar-refractivity contribution in [2.24, 2.45) is 0 Å². The zero-order valence-electron chi connectivity index (χ0n) is 7.68. The molecule has 0 aromatic carbocycles. The molecule has 0 radical (unpaired) electrons. The van der Waals surface area contributed by atoms with E-state index in [-0.39, 0.29) is 5.15 Å². The highest BCUT2D eigenvalue weighted by Gasteiger charge is 2.04. The molecule has 2 rings (SSSR count). The number of hydrogen-bond acceptors (Lipinski definition) is 3. The van der Waals surface area contributed by atoms with Crippen LogP contribution in [0, 0.1) is 11.3 Å². The molecule has 3 nitrogen and oxygen atoms in total. The molecule has 0 N–H and O–H groups in total. The summed E-state index contributed by atoms with van der Waals surface area (Å²) in [6.45, 7) is 0. The molecule has 72 valence electrons. The Morgan fingerprint density at radius 3 is 2.73 bits per heavy atom. The summed E-state index contributed by atoms with van der Waals surface area (Å²) >= 11 is 5.83. The van der Waals surface area contributed by atoms with Crippen LogP contribution < -0.4 is 0 Å². The number of nitriles is 1. The number of nitrogens with zero attached hydrogens (tertiary/aromatic N) is 3. The molecule has 0 saturated heterocycles. The molecule has 0 amide bonds. The molecule has 0 aliphatic rings. The lowest BCUT2D eigenvalue weighted by atomic mass is 10.2. The molecule has 15 heavy (non-hydrogen) atoms. The molecule has 0 fully saturated rings. The van der Waals surface area contributed by atoms with Crippen molar-refractivity contribution in [2.45, 2.75) is 0 Å². The molecule has 0 aliphatic heterocycles. The molecule has 2 aromatic rings. The van der Waals surface area contributed by atoms with Gasteiger partial charge in [-0.3, -0.25) is 4.98 Å². The van der Waals surface area contributed by atoms with Crippen molar-refractivity contribution in [3.8, 4) is 17.3 Å². The van der Waals surface area contributed by atoms with Crippen molar-refractivity contribution in [3.05, 3.63) is 47.4 Å². The van der Waals surface area contributed by atoms with Crippen LogP contribution in [-0.2, 0) is 0 Å². The van der Waals surface area contributed by atoms with E-state index in [0.29, 0.717) is 11.3 Å². The van der Waals surface area contributed by atoms with E-state index >= 15 is 0 Å². The second-order valence-electron chi connectivity index (χ2n) is 2.89. The quantitative estimate of drug-likeness (QED) is 0.688. The van der Waals surface area contributed by atoms with Gasteiger partial charge in [-0.05, 0) is 24.3 Å². The number of pyridine rings is 2. The van der Waals surface area contributed by atoms with Gasteiger partial charge in [0.1, 0.15) is 11.2 Å². The summed E-state index contributed by atoms with van der Waals surface area (Å²) in [5, 5.41) is 8.91. The minimum absolute atomic E-state index is 0.221. The Kier molecular flexibility index (Phi) is 2.61. The highest BCUT2D eigenvalue weighted by molar-refractivity contribution is 6.30. The van der Waals surface area contributed by atoms with E-state index in [9.17, 15) is 0 Å². The van der Waals surface area contributed by atoms with Crippen molar-refractivity contribution in [1.82, 2.24) is 9.97 Å². The molecule has 0 bridgehead atoms. The molecule has 2 heterocycles. The van der Waals surface area contributed by atoms with Gasteiger partial charge >= 0.3 is 0 Å². The summed E-state index contributed by atoms with van der Waals surface area (Å²) in [5.74, 6) is 0. The van der Waals surface area contributed by atoms with Gasteiger partial charge in [0.25, 0.3) is 0 Å². The fourth-order valence-electron chi connectivity index (χ4n) is 1.19. The van der Waals surface area contributed by atoms with Crippen LogP contribution in [0.5, 0.6) is 0 Å². The number of aromatic nitrogens is 2. The van der Waals surface area contributed by atoms with E-state index in [4.69, 9.17) is 16.9 Å². The van der Waals surface area contributed by atoms with Gasteiger partial charge in [-0.15, -0.1) is 0 Å². The van der Waals surface area contributed by atoms with Crippen molar-refractivity contribution in [3.63, 3.8) is 0 Å². The average molecular weight is 216 g/mol. The minimum Gasteiger partial charge on any atom is -0.264 e. The van der Waals surface area contributed by atoms with E-state index in [1.54, 1.807) is 24.5 Å². The molecule has 0 unspecified atom stereocenters. The standard InChI is InChI=1S/C11H6ClN3/c12-11-8(6-13)3-4-10(15-11)9-2-1-5-14-7-9/h1-5,7H. The first-order valence-corrected chi connectivity index (χ1v) is 4.66. The van der Waals surface area contributed by atoms with Crippen LogP contribution in [0.4, 0.5) is 0 Å². The summed E-state index contributed by atoms with van der Waals surface area (Å²) in [4.78, 5) is 8.10. The van der Waals surface area contributed by atoms with E-state index < -0.39 is 0 Å². The van der Waals surface area contributed by atoms with Gasteiger partial charge in [0.2, 0.25) is 0 Å². The predicted octanol–water partition coefficient (Wildman–Crippen LogP) is 2.67. The first-order valence-electron chi connectivity index (χ1n) is 4.28. The number of rotatable bonds is 1. The second-order valence-corrected chi connectivity index (χ2v) is 3.25. The normalized spacial score (nSPS) is 9.60. The van der Waals surface area contributed by atoms with Gasteiger partial charge in [-0.2, -0.15) is 5.26 Å². The molecule has 0 aliphatic carbocycles. The summed E-state index contributed by atoms with van der Waals surface area (Å²) in [7, 11) is 0. The van der Waals surface area contributed by atoms with Gasteiger partial charge in [0, 0.05) is 18.0 Å². The lowest BCUT2D eigenvalue weighted by Crippen LogP contribution is -1.87. The smallest absolute Gasteiger partial charge is 0.147 e. The molecule has 0 atom stereocenters. The molecular weight excluding hydrogens is 210 g/mol. The van der Waals surface area contributed by atoms with Crippen LogP contribution in [-0.4, -0.2) is 9.97 Å².